The first-order valence-electron chi connectivity index (χ1n) is 8.78. The normalized spacial score (nSPS) is 14.6. The van der Waals surface area contributed by atoms with Gasteiger partial charge in [0.05, 0.1) is 12.7 Å². The second-order valence-corrected chi connectivity index (χ2v) is 7.20. The number of Topliss-reactive ketones (excluding diaryl/α,β-unsaturated/α-hetero) is 1. The Morgan fingerprint density at radius 3 is 2.36 bits per heavy atom. The fourth-order valence-electron chi connectivity index (χ4n) is 2.97. The Hall–Kier alpha value is -3.28. The summed E-state index contributed by atoms with van der Waals surface area (Å²) in [6.45, 7) is 6.67. The summed E-state index contributed by atoms with van der Waals surface area (Å²) >= 11 is 0. The minimum atomic E-state index is -1.35. The Morgan fingerprint density at radius 2 is 1.79 bits per heavy atom. The minimum absolute atomic E-state index is 0.194. The molecule has 0 aromatic heterocycles. The van der Waals surface area contributed by atoms with Crippen LogP contribution in [0.5, 0.6) is 17.2 Å². The molecule has 6 nitrogen and oxygen atoms in total. The molecular weight excluding hydrogens is 360 g/mol. The Morgan fingerprint density at radius 1 is 1.14 bits per heavy atom. The second-order valence-electron chi connectivity index (χ2n) is 7.20. The maximum absolute atomic E-state index is 12.6. The standard InChI is InChI=1S/C22H22O6/c1-12-8-14(9-13(2)20(12)28-22(3,4)21(24)25)10-18-19(23)16-7-6-15(26-5)11-17(16)27-18/h6-11H,1-5H3,(H,24,25)/b18-10-. The molecule has 6 heteroatoms. The maximum Gasteiger partial charge on any atom is 0.347 e. The van der Waals surface area contributed by atoms with Gasteiger partial charge in [-0.1, -0.05) is 0 Å². The minimum Gasteiger partial charge on any atom is -0.497 e. The average Bonchev–Trinajstić information content (AvgIpc) is 2.93. The van der Waals surface area contributed by atoms with E-state index in [1.165, 1.54) is 13.8 Å². The number of hydrogen-bond acceptors (Lipinski definition) is 5. The number of fused-ring (bicyclic) bond motifs is 1. The van der Waals surface area contributed by atoms with Crippen LogP contribution in [0.25, 0.3) is 6.08 Å². The molecule has 0 spiro atoms. The van der Waals surface area contributed by atoms with Gasteiger partial charge in [-0.25, -0.2) is 4.79 Å². The van der Waals surface area contributed by atoms with Gasteiger partial charge in [0.1, 0.15) is 17.2 Å². The number of carboxylic acids is 1. The van der Waals surface area contributed by atoms with Gasteiger partial charge in [-0.05, 0) is 74.7 Å². The highest BCUT2D eigenvalue weighted by atomic mass is 16.5. The number of carbonyl (C=O) groups excluding carboxylic acids is 1. The molecule has 1 aliphatic rings. The lowest BCUT2D eigenvalue weighted by atomic mass is 10.0. The number of carboxylic acid groups (broad SMARTS) is 1. The summed E-state index contributed by atoms with van der Waals surface area (Å²) in [7, 11) is 1.55. The molecule has 2 aromatic rings. The smallest absolute Gasteiger partial charge is 0.347 e. The Labute approximate surface area is 163 Å². The lowest BCUT2D eigenvalue weighted by Crippen LogP contribution is -2.38. The molecule has 28 heavy (non-hydrogen) atoms. The van der Waals surface area contributed by atoms with E-state index in [0.29, 0.717) is 22.8 Å². The quantitative estimate of drug-likeness (QED) is 0.782. The van der Waals surface area contributed by atoms with E-state index in [1.807, 2.05) is 26.0 Å². The summed E-state index contributed by atoms with van der Waals surface area (Å²) in [5, 5.41) is 9.28. The van der Waals surface area contributed by atoms with Crippen LogP contribution in [-0.4, -0.2) is 29.6 Å². The molecule has 0 radical (unpaired) electrons. The molecule has 3 rings (SSSR count). The highest BCUT2D eigenvalue weighted by Crippen LogP contribution is 2.35. The molecule has 0 fully saturated rings. The van der Waals surface area contributed by atoms with Crippen molar-refractivity contribution in [2.45, 2.75) is 33.3 Å². The zero-order valence-electron chi connectivity index (χ0n) is 16.5. The highest BCUT2D eigenvalue weighted by molar-refractivity contribution is 6.14. The molecule has 0 saturated heterocycles. The first kappa shape index (κ1) is 19.5. The zero-order valence-corrected chi connectivity index (χ0v) is 16.5. The summed E-state index contributed by atoms with van der Waals surface area (Å²) in [6.07, 6.45) is 1.67. The molecule has 0 amide bonds. The number of allylic oxidation sites excluding steroid dienone is 1. The third-order valence-electron chi connectivity index (χ3n) is 4.53. The van der Waals surface area contributed by atoms with E-state index in [1.54, 1.807) is 31.4 Å². The van der Waals surface area contributed by atoms with Gasteiger partial charge in [-0.2, -0.15) is 0 Å². The molecular formula is C22H22O6. The van der Waals surface area contributed by atoms with Crippen LogP contribution in [-0.2, 0) is 4.79 Å². The predicted octanol–water partition coefficient (Wildman–Crippen LogP) is 4.17. The van der Waals surface area contributed by atoms with Crippen molar-refractivity contribution in [2.75, 3.05) is 7.11 Å². The van der Waals surface area contributed by atoms with Crippen molar-refractivity contribution < 1.29 is 28.9 Å². The summed E-state index contributed by atoms with van der Waals surface area (Å²) in [5.74, 6) is 0.577. The number of aryl methyl sites for hydroxylation is 2. The molecule has 0 atom stereocenters. The summed E-state index contributed by atoms with van der Waals surface area (Å²) in [4.78, 5) is 23.9. The second kappa shape index (κ2) is 7.03. The molecule has 1 N–H and O–H groups in total. The Bertz CT molecular complexity index is 977. The molecule has 0 bridgehead atoms. The van der Waals surface area contributed by atoms with Crippen LogP contribution in [0, 0.1) is 13.8 Å². The van der Waals surface area contributed by atoms with Crippen molar-refractivity contribution in [3.8, 4) is 17.2 Å². The van der Waals surface area contributed by atoms with Crippen molar-refractivity contribution >= 4 is 17.8 Å². The van der Waals surface area contributed by atoms with Gasteiger partial charge >= 0.3 is 5.97 Å². The van der Waals surface area contributed by atoms with Gasteiger partial charge in [-0.15, -0.1) is 0 Å². The first-order valence-corrected chi connectivity index (χ1v) is 8.78. The summed E-state index contributed by atoms with van der Waals surface area (Å²) in [6, 6.07) is 8.73. The number of hydrogen-bond donors (Lipinski definition) is 1. The fraction of sp³-hybridized carbons (Fsp3) is 0.273. The number of ether oxygens (including phenoxy) is 3. The maximum atomic E-state index is 12.6. The van der Waals surface area contributed by atoms with Crippen LogP contribution in [0.4, 0.5) is 0 Å². The van der Waals surface area contributed by atoms with Gasteiger partial charge in [0.15, 0.2) is 11.4 Å². The summed E-state index contributed by atoms with van der Waals surface area (Å²) in [5.41, 5.74) is 1.44. The average molecular weight is 382 g/mol. The van der Waals surface area contributed by atoms with E-state index in [0.717, 1.165) is 16.7 Å². The van der Waals surface area contributed by atoms with E-state index in [9.17, 15) is 14.7 Å². The van der Waals surface area contributed by atoms with Crippen LogP contribution in [0.3, 0.4) is 0 Å². The van der Waals surface area contributed by atoms with E-state index in [2.05, 4.69) is 0 Å². The van der Waals surface area contributed by atoms with E-state index >= 15 is 0 Å². The van der Waals surface area contributed by atoms with Gasteiger partial charge in [0.2, 0.25) is 5.78 Å². The van der Waals surface area contributed by atoms with Crippen molar-refractivity contribution in [3.05, 3.63) is 58.3 Å². The lowest BCUT2D eigenvalue weighted by molar-refractivity contribution is -0.152. The van der Waals surface area contributed by atoms with Crippen LogP contribution in [0.1, 0.15) is 40.9 Å². The monoisotopic (exact) mass is 382 g/mol. The third kappa shape index (κ3) is 3.58. The van der Waals surface area contributed by atoms with Gasteiger partial charge in [0.25, 0.3) is 0 Å². The van der Waals surface area contributed by atoms with Crippen LogP contribution < -0.4 is 14.2 Å². The Balaban J connectivity index is 1.91. The Kier molecular flexibility index (Phi) is 4.89. The molecule has 146 valence electrons. The molecule has 0 unspecified atom stereocenters. The van der Waals surface area contributed by atoms with Crippen LogP contribution >= 0.6 is 0 Å². The summed E-state index contributed by atoms with van der Waals surface area (Å²) < 4.78 is 16.6. The van der Waals surface area contributed by atoms with E-state index in [4.69, 9.17) is 14.2 Å². The van der Waals surface area contributed by atoms with Gasteiger partial charge < -0.3 is 19.3 Å². The number of benzene rings is 2. The third-order valence-corrected chi connectivity index (χ3v) is 4.53. The number of rotatable bonds is 5. The van der Waals surface area contributed by atoms with Gasteiger partial charge in [-0.3, -0.25) is 4.79 Å². The predicted molar refractivity (Wildman–Crippen MR) is 104 cm³/mol. The first-order chi connectivity index (χ1) is 13.1. The fourth-order valence-corrected chi connectivity index (χ4v) is 2.97. The van der Waals surface area contributed by atoms with Crippen molar-refractivity contribution in [3.63, 3.8) is 0 Å². The SMILES string of the molecule is COc1ccc2c(c1)O/C(=C\c1cc(C)c(OC(C)(C)C(=O)O)c(C)c1)C2=O. The zero-order chi connectivity index (χ0) is 20.6. The largest absolute Gasteiger partial charge is 0.497 e. The van der Waals surface area contributed by atoms with E-state index in [-0.39, 0.29) is 11.5 Å². The van der Waals surface area contributed by atoms with Gasteiger partial charge in [0, 0.05) is 6.07 Å². The topological polar surface area (TPSA) is 82.1 Å². The highest BCUT2D eigenvalue weighted by Gasteiger charge is 2.31. The molecule has 1 heterocycles. The molecule has 1 aliphatic heterocycles. The van der Waals surface area contributed by atoms with Crippen LogP contribution in [0.2, 0.25) is 0 Å². The van der Waals surface area contributed by atoms with Crippen LogP contribution in [0.15, 0.2) is 36.1 Å². The molecule has 2 aromatic carbocycles. The van der Waals surface area contributed by atoms with Crippen molar-refractivity contribution in [1.82, 2.24) is 0 Å². The van der Waals surface area contributed by atoms with Crippen molar-refractivity contribution in [2.24, 2.45) is 0 Å². The lowest BCUT2D eigenvalue weighted by Gasteiger charge is -2.24. The number of methoxy groups -OCH3 is 1. The van der Waals surface area contributed by atoms with Crippen molar-refractivity contribution in [1.29, 1.82) is 0 Å². The number of ketones is 1. The molecule has 0 saturated carbocycles. The number of carbonyl (C=O) groups is 2. The number of aliphatic carboxylic acids is 1. The van der Waals surface area contributed by atoms with E-state index < -0.39 is 11.6 Å². The molecule has 0 aliphatic carbocycles.